The fourth-order valence-electron chi connectivity index (χ4n) is 1.59. The van der Waals surface area contributed by atoms with Crippen molar-refractivity contribution in [3.05, 3.63) is 59.7 Å². The Morgan fingerprint density at radius 1 is 0.875 bits per heavy atom. The molecule has 0 bridgehead atoms. The molecule has 0 spiro atoms. The third-order valence-corrected chi connectivity index (χ3v) is 3.55. The Morgan fingerprint density at radius 2 is 1.38 bits per heavy atom. The van der Waals surface area contributed by atoms with Crippen LogP contribution in [0.15, 0.2) is 58.3 Å². The molecule has 82 valence electrons. The first-order chi connectivity index (χ1) is 7.78. The van der Waals surface area contributed by atoms with Gasteiger partial charge in [0, 0.05) is 9.79 Å². The highest BCUT2D eigenvalue weighted by atomic mass is 32.2. The fraction of sp³-hybridized carbons (Fsp3) is 0.143. The number of rotatable bonds is 3. The van der Waals surface area contributed by atoms with Gasteiger partial charge in [0.25, 0.3) is 0 Å². The Kier molecular flexibility index (Phi) is 3.97. The highest BCUT2D eigenvalue weighted by molar-refractivity contribution is 7.98. The first-order valence-corrected chi connectivity index (χ1v) is 6.86. The third-order valence-electron chi connectivity index (χ3n) is 2.50. The predicted octanol–water partition coefficient (Wildman–Crippen LogP) is 4.29. The number of benzene rings is 2. The highest BCUT2D eigenvalue weighted by Gasteiger charge is 1.96. The minimum absolute atomic E-state index is 0.989. The van der Waals surface area contributed by atoms with Crippen molar-refractivity contribution >= 4 is 24.4 Å². The van der Waals surface area contributed by atoms with Gasteiger partial charge < -0.3 is 0 Å². The molecule has 2 aromatic carbocycles. The van der Waals surface area contributed by atoms with Gasteiger partial charge in [0.05, 0.1) is 0 Å². The molecular formula is C14H14S2. The fourth-order valence-corrected chi connectivity index (χ4v) is 2.15. The summed E-state index contributed by atoms with van der Waals surface area (Å²) < 4.78 is 0. The monoisotopic (exact) mass is 246 g/mol. The van der Waals surface area contributed by atoms with Gasteiger partial charge in [-0.25, -0.2) is 0 Å². The SMILES string of the molecule is CSc1ccc(Cc2ccc(S)cc2)cc1. The Morgan fingerprint density at radius 3 is 1.88 bits per heavy atom. The largest absolute Gasteiger partial charge is 0.143 e. The van der Waals surface area contributed by atoms with Crippen LogP contribution < -0.4 is 0 Å². The molecule has 2 rings (SSSR count). The Labute approximate surface area is 106 Å². The topological polar surface area (TPSA) is 0 Å². The van der Waals surface area contributed by atoms with Crippen molar-refractivity contribution in [3.63, 3.8) is 0 Å². The van der Waals surface area contributed by atoms with Crippen LogP contribution in [0.2, 0.25) is 0 Å². The second kappa shape index (κ2) is 5.46. The molecule has 0 radical (unpaired) electrons. The molecule has 0 unspecified atom stereocenters. The van der Waals surface area contributed by atoms with Crippen LogP contribution in [0.25, 0.3) is 0 Å². The van der Waals surface area contributed by atoms with Gasteiger partial charge in [0.1, 0.15) is 0 Å². The maximum atomic E-state index is 4.28. The maximum absolute atomic E-state index is 4.28. The van der Waals surface area contributed by atoms with Crippen LogP contribution >= 0.6 is 24.4 Å². The molecule has 0 saturated carbocycles. The molecule has 0 nitrogen and oxygen atoms in total. The van der Waals surface area contributed by atoms with Gasteiger partial charge in [-0.1, -0.05) is 24.3 Å². The first kappa shape index (κ1) is 11.6. The highest BCUT2D eigenvalue weighted by Crippen LogP contribution is 2.17. The molecule has 2 heteroatoms. The third kappa shape index (κ3) is 3.06. The van der Waals surface area contributed by atoms with E-state index in [1.165, 1.54) is 16.0 Å². The van der Waals surface area contributed by atoms with Crippen LogP contribution in [0.1, 0.15) is 11.1 Å². The zero-order chi connectivity index (χ0) is 11.4. The Bertz CT molecular complexity index is 443. The van der Waals surface area contributed by atoms with Crippen LogP contribution in [0.3, 0.4) is 0 Å². The number of thioether (sulfide) groups is 1. The summed E-state index contributed by atoms with van der Waals surface area (Å²) in [7, 11) is 0. The number of hydrogen-bond acceptors (Lipinski definition) is 2. The van der Waals surface area contributed by atoms with E-state index in [9.17, 15) is 0 Å². The second-order valence-corrected chi connectivity index (χ2v) is 5.09. The minimum atomic E-state index is 0.989. The molecule has 0 saturated heterocycles. The van der Waals surface area contributed by atoms with E-state index < -0.39 is 0 Å². The number of hydrogen-bond donors (Lipinski definition) is 1. The summed E-state index contributed by atoms with van der Waals surface area (Å²) in [6.07, 6.45) is 3.09. The summed E-state index contributed by atoms with van der Waals surface area (Å²) >= 11 is 6.06. The smallest absolute Gasteiger partial charge is 0.00693 e. The van der Waals surface area contributed by atoms with Gasteiger partial charge in [0.15, 0.2) is 0 Å². The molecule has 0 amide bonds. The molecular weight excluding hydrogens is 232 g/mol. The van der Waals surface area contributed by atoms with Crippen molar-refractivity contribution < 1.29 is 0 Å². The van der Waals surface area contributed by atoms with E-state index >= 15 is 0 Å². The Balaban J connectivity index is 2.11. The lowest BCUT2D eigenvalue weighted by Gasteiger charge is -2.03. The molecule has 2 aromatic rings. The molecule has 0 heterocycles. The lowest BCUT2D eigenvalue weighted by molar-refractivity contribution is 1.17. The average molecular weight is 246 g/mol. The van der Waals surface area contributed by atoms with Gasteiger partial charge in [-0.15, -0.1) is 24.4 Å². The first-order valence-electron chi connectivity index (χ1n) is 5.19. The molecule has 16 heavy (non-hydrogen) atoms. The van der Waals surface area contributed by atoms with Crippen LogP contribution in [0.5, 0.6) is 0 Å². The summed E-state index contributed by atoms with van der Waals surface area (Å²) in [4.78, 5) is 2.33. The molecule has 0 N–H and O–H groups in total. The number of thiol groups is 1. The summed E-state index contributed by atoms with van der Waals surface area (Å²) in [6, 6.07) is 17.1. The Hall–Kier alpha value is -0.860. The lowest BCUT2D eigenvalue weighted by atomic mass is 10.1. The van der Waals surface area contributed by atoms with Crippen LogP contribution in [-0.2, 0) is 6.42 Å². The van der Waals surface area contributed by atoms with Gasteiger partial charge in [0.2, 0.25) is 0 Å². The molecule has 0 aliphatic heterocycles. The van der Waals surface area contributed by atoms with Crippen molar-refractivity contribution in [2.24, 2.45) is 0 Å². The molecule has 0 aliphatic rings. The summed E-state index contributed by atoms with van der Waals surface area (Å²) in [5, 5.41) is 0. The van der Waals surface area contributed by atoms with Crippen LogP contribution in [-0.4, -0.2) is 6.26 Å². The van der Waals surface area contributed by atoms with Gasteiger partial charge >= 0.3 is 0 Å². The van der Waals surface area contributed by atoms with Crippen molar-refractivity contribution in [2.45, 2.75) is 16.2 Å². The normalized spacial score (nSPS) is 10.4. The van der Waals surface area contributed by atoms with Crippen molar-refractivity contribution in [3.8, 4) is 0 Å². The van der Waals surface area contributed by atoms with Crippen molar-refractivity contribution in [2.75, 3.05) is 6.26 Å². The second-order valence-electron chi connectivity index (χ2n) is 3.69. The minimum Gasteiger partial charge on any atom is -0.143 e. The standard InChI is InChI=1S/C14H14S2/c1-16-14-8-4-12(5-9-14)10-11-2-6-13(15)7-3-11/h2-9,15H,10H2,1H3. The lowest BCUT2D eigenvalue weighted by Crippen LogP contribution is -1.87. The zero-order valence-corrected chi connectivity index (χ0v) is 10.9. The average Bonchev–Trinajstić information content (AvgIpc) is 2.33. The molecule has 0 fully saturated rings. The van der Waals surface area contributed by atoms with E-state index in [4.69, 9.17) is 0 Å². The summed E-state index contributed by atoms with van der Waals surface area (Å²) in [5.41, 5.74) is 2.68. The molecule has 0 aromatic heterocycles. The summed E-state index contributed by atoms with van der Waals surface area (Å²) in [6.45, 7) is 0. The van der Waals surface area contributed by atoms with E-state index in [0.29, 0.717) is 0 Å². The zero-order valence-electron chi connectivity index (χ0n) is 9.18. The maximum Gasteiger partial charge on any atom is 0.00693 e. The van der Waals surface area contributed by atoms with Crippen LogP contribution in [0, 0.1) is 0 Å². The molecule has 0 atom stereocenters. The predicted molar refractivity (Wildman–Crippen MR) is 74.7 cm³/mol. The van der Waals surface area contributed by atoms with Gasteiger partial charge in [-0.05, 0) is 48.1 Å². The summed E-state index contributed by atoms with van der Waals surface area (Å²) in [5.74, 6) is 0. The van der Waals surface area contributed by atoms with E-state index in [1.54, 1.807) is 11.8 Å². The van der Waals surface area contributed by atoms with E-state index in [2.05, 4.69) is 55.3 Å². The van der Waals surface area contributed by atoms with Crippen LogP contribution in [0.4, 0.5) is 0 Å². The molecule has 0 aliphatic carbocycles. The van der Waals surface area contributed by atoms with Gasteiger partial charge in [-0.2, -0.15) is 0 Å². The van der Waals surface area contributed by atoms with Crippen molar-refractivity contribution in [1.82, 2.24) is 0 Å². The van der Waals surface area contributed by atoms with E-state index in [0.717, 1.165) is 11.3 Å². The van der Waals surface area contributed by atoms with Gasteiger partial charge in [-0.3, -0.25) is 0 Å². The van der Waals surface area contributed by atoms with E-state index in [-0.39, 0.29) is 0 Å². The van der Waals surface area contributed by atoms with E-state index in [1.807, 2.05) is 12.1 Å². The quantitative estimate of drug-likeness (QED) is 0.623. The van der Waals surface area contributed by atoms with Crippen molar-refractivity contribution in [1.29, 1.82) is 0 Å².